The van der Waals surface area contributed by atoms with Crippen LogP contribution in [-0.2, 0) is 10.0 Å². The molecule has 0 saturated carbocycles. The fourth-order valence-electron chi connectivity index (χ4n) is 1.29. The Balaban J connectivity index is 3.75. The van der Waals surface area contributed by atoms with Crippen LogP contribution in [0.25, 0.3) is 0 Å². The molecular formula is C10H19BrF3NO2S. The fraction of sp³-hybridized carbons (Fsp3) is 1.00. The Labute approximate surface area is 115 Å². The van der Waals surface area contributed by atoms with Gasteiger partial charge in [0.2, 0.25) is 10.0 Å². The second kappa shape index (κ2) is 8.37. The molecule has 0 heterocycles. The van der Waals surface area contributed by atoms with Gasteiger partial charge in [-0.15, -0.1) is 0 Å². The van der Waals surface area contributed by atoms with E-state index in [2.05, 4.69) is 20.7 Å². The maximum Gasteiger partial charge on any atom is 0.389 e. The molecule has 3 nitrogen and oxygen atoms in total. The Bertz CT molecular complexity index is 320. The van der Waals surface area contributed by atoms with Crippen molar-refractivity contribution in [2.24, 2.45) is 5.92 Å². The Hall–Kier alpha value is 0.180. The van der Waals surface area contributed by atoms with Crippen LogP contribution in [-0.4, -0.2) is 32.2 Å². The fourth-order valence-corrected chi connectivity index (χ4v) is 2.74. The normalized spacial score (nSPS) is 14.7. The van der Waals surface area contributed by atoms with Gasteiger partial charge in [-0.05, 0) is 25.2 Å². The predicted molar refractivity (Wildman–Crippen MR) is 69.3 cm³/mol. The highest BCUT2D eigenvalue weighted by Gasteiger charge is 2.27. The van der Waals surface area contributed by atoms with E-state index in [1.807, 2.05) is 6.92 Å². The molecule has 0 fully saturated rings. The molecule has 18 heavy (non-hydrogen) atoms. The molecule has 0 radical (unpaired) electrons. The van der Waals surface area contributed by atoms with Crippen molar-refractivity contribution in [2.75, 3.05) is 17.6 Å². The number of nitrogens with one attached hydrogen (secondary N) is 1. The summed E-state index contributed by atoms with van der Waals surface area (Å²) >= 11 is 3.31. The molecule has 110 valence electrons. The summed E-state index contributed by atoms with van der Waals surface area (Å²) < 4.78 is 60.5. The topological polar surface area (TPSA) is 46.2 Å². The zero-order valence-electron chi connectivity index (χ0n) is 10.3. The van der Waals surface area contributed by atoms with Crippen LogP contribution in [0.15, 0.2) is 0 Å². The van der Waals surface area contributed by atoms with Crippen molar-refractivity contribution in [3.8, 4) is 0 Å². The molecule has 0 aromatic carbocycles. The molecule has 1 N–H and O–H groups in total. The van der Waals surface area contributed by atoms with Crippen LogP contribution in [0.2, 0.25) is 0 Å². The van der Waals surface area contributed by atoms with E-state index in [0.29, 0.717) is 12.3 Å². The molecule has 0 amide bonds. The molecule has 1 unspecified atom stereocenters. The molecule has 0 aliphatic heterocycles. The van der Waals surface area contributed by atoms with E-state index in [1.165, 1.54) is 0 Å². The standard InChI is InChI=1S/C10H19BrF3NO2S/c1-9(8-11)4-2-6-15-18(16,17)7-3-5-10(12,13)14/h9,15H,2-8H2,1H3. The average molecular weight is 354 g/mol. The van der Waals surface area contributed by atoms with Crippen molar-refractivity contribution < 1.29 is 21.6 Å². The van der Waals surface area contributed by atoms with Crippen LogP contribution < -0.4 is 4.72 Å². The van der Waals surface area contributed by atoms with Gasteiger partial charge < -0.3 is 0 Å². The van der Waals surface area contributed by atoms with Crippen molar-refractivity contribution in [3.63, 3.8) is 0 Å². The van der Waals surface area contributed by atoms with Gasteiger partial charge >= 0.3 is 6.18 Å². The SMILES string of the molecule is CC(CBr)CCCNS(=O)(=O)CCCC(F)(F)F. The summed E-state index contributed by atoms with van der Waals surface area (Å²) in [4.78, 5) is 0. The molecular weight excluding hydrogens is 335 g/mol. The third kappa shape index (κ3) is 11.3. The average Bonchev–Trinajstić information content (AvgIpc) is 2.21. The Morgan fingerprint density at radius 2 is 1.89 bits per heavy atom. The maximum absolute atomic E-state index is 11.8. The second-order valence-corrected chi connectivity index (χ2v) is 6.91. The minimum absolute atomic E-state index is 0.283. The maximum atomic E-state index is 11.8. The summed E-state index contributed by atoms with van der Waals surface area (Å²) in [6.45, 7) is 2.32. The van der Waals surface area contributed by atoms with Crippen molar-refractivity contribution in [1.82, 2.24) is 4.72 Å². The zero-order chi connectivity index (χ0) is 14.2. The van der Waals surface area contributed by atoms with Crippen LogP contribution in [0.1, 0.15) is 32.6 Å². The van der Waals surface area contributed by atoms with Gasteiger partial charge in [0.25, 0.3) is 0 Å². The molecule has 0 aliphatic carbocycles. The summed E-state index contributed by atoms with van der Waals surface area (Å²) in [5, 5.41) is 0.853. The van der Waals surface area contributed by atoms with E-state index in [-0.39, 0.29) is 6.54 Å². The lowest BCUT2D eigenvalue weighted by Crippen LogP contribution is -2.28. The zero-order valence-corrected chi connectivity index (χ0v) is 12.7. The number of hydrogen-bond acceptors (Lipinski definition) is 2. The van der Waals surface area contributed by atoms with E-state index in [0.717, 1.165) is 11.8 Å². The van der Waals surface area contributed by atoms with Crippen LogP contribution in [0.4, 0.5) is 13.2 Å². The highest BCUT2D eigenvalue weighted by atomic mass is 79.9. The van der Waals surface area contributed by atoms with E-state index >= 15 is 0 Å². The van der Waals surface area contributed by atoms with E-state index in [4.69, 9.17) is 0 Å². The highest BCUT2D eigenvalue weighted by molar-refractivity contribution is 9.09. The largest absolute Gasteiger partial charge is 0.389 e. The quantitative estimate of drug-likeness (QED) is 0.511. The van der Waals surface area contributed by atoms with E-state index in [1.54, 1.807) is 0 Å². The van der Waals surface area contributed by atoms with E-state index in [9.17, 15) is 21.6 Å². The molecule has 0 spiro atoms. The lowest BCUT2D eigenvalue weighted by atomic mass is 10.1. The first-order valence-corrected chi connectivity index (χ1v) is 8.54. The lowest BCUT2D eigenvalue weighted by Gasteiger charge is -2.09. The lowest BCUT2D eigenvalue weighted by molar-refractivity contribution is -0.134. The first-order chi connectivity index (χ1) is 8.16. The van der Waals surface area contributed by atoms with E-state index < -0.39 is 34.8 Å². The number of sulfonamides is 1. The third-order valence-corrected chi connectivity index (χ3v) is 4.91. The van der Waals surface area contributed by atoms with Gasteiger partial charge in [-0.2, -0.15) is 13.2 Å². The van der Waals surface area contributed by atoms with Gasteiger partial charge in [-0.25, -0.2) is 13.1 Å². The monoisotopic (exact) mass is 353 g/mol. The van der Waals surface area contributed by atoms with Gasteiger partial charge in [0.1, 0.15) is 0 Å². The van der Waals surface area contributed by atoms with Gasteiger partial charge in [-0.3, -0.25) is 0 Å². The number of hydrogen-bond donors (Lipinski definition) is 1. The second-order valence-electron chi connectivity index (χ2n) is 4.33. The van der Waals surface area contributed by atoms with Crippen LogP contribution in [0.3, 0.4) is 0 Å². The summed E-state index contributed by atoms with van der Waals surface area (Å²) in [5.74, 6) is -0.0136. The molecule has 0 rings (SSSR count). The van der Waals surface area contributed by atoms with Crippen LogP contribution >= 0.6 is 15.9 Å². The first kappa shape index (κ1) is 18.2. The summed E-state index contributed by atoms with van der Waals surface area (Å²) in [6, 6.07) is 0. The minimum Gasteiger partial charge on any atom is -0.215 e. The summed E-state index contributed by atoms with van der Waals surface area (Å²) in [5.41, 5.74) is 0. The van der Waals surface area contributed by atoms with Gasteiger partial charge in [0.15, 0.2) is 0 Å². The third-order valence-electron chi connectivity index (χ3n) is 2.33. The Morgan fingerprint density at radius 1 is 1.28 bits per heavy atom. The summed E-state index contributed by atoms with van der Waals surface area (Å²) in [7, 11) is -3.57. The highest BCUT2D eigenvalue weighted by Crippen LogP contribution is 2.21. The van der Waals surface area contributed by atoms with Crippen molar-refractivity contribution >= 4 is 26.0 Å². The van der Waals surface area contributed by atoms with Crippen LogP contribution in [0, 0.1) is 5.92 Å². The number of rotatable bonds is 9. The molecule has 0 bridgehead atoms. The van der Waals surface area contributed by atoms with Crippen molar-refractivity contribution in [1.29, 1.82) is 0 Å². The molecule has 0 aliphatic rings. The van der Waals surface area contributed by atoms with Crippen LogP contribution in [0.5, 0.6) is 0 Å². The molecule has 0 saturated heterocycles. The predicted octanol–water partition coefficient (Wildman–Crippen LogP) is 3.06. The molecule has 1 atom stereocenters. The Morgan fingerprint density at radius 3 is 2.39 bits per heavy atom. The number of alkyl halides is 4. The van der Waals surface area contributed by atoms with Crippen molar-refractivity contribution in [3.05, 3.63) is 0 Å². The summed E-state index contributed by atoms with van der Waals surface area (Å²) in [6.07, 6.45) is -4.19. The molecule has 0 aromatic rings. The van der Waals surface area contributed by atoms with Gasteiger partial charge in [0, 0.05) is 18.3 Å². The Kier molecular flexibility index (Phi) is 8.45. The molecule has 0 aromatic heterocycles. The van der Waals surface area contributed by atoms with Gasteiger partial charge in [0.05, 0.1) is 5.75 Å². The number of halogens is 4. The minimum atomic E-state index is -4.29. The first-order valence-electron chi connectivity index (χ1n) is 5.76. The van der Waals surface area contributed by atoms with Gasteiger partial charge in [-0.1, -0.05) is 22.9 Å². The van der Waals surface area contributed by atoms with Crippen molar-refractivity contribution in [2.45, 2.75) is 38.8 Å². The molecule has 8 heteroatoms. The smallest absolute Gasteiger partial charge is 0.215 e.